The number of ether oxygens (including phenoxy) is 2. The molecule has 0 aliphatic carbocycles. The number of hydrogen-bond acceptors (Lipinski definition) is 9. The summed E-state index contributed by atoms with van der Waals surface area (Å²) in [5, 5.41) is 5.96. The van der Waals surface area contributed by atoms with E-state index in [1.54, 1.807) is 41.2 Å². The third-order valence-electron chi connectivity index (χ3n) is 8.49. The molecule has 0 aliphatic rings. The number of esters is 2. The number of rotatable bonds is 10. The Labute approximate surface area is 337 Å². The minimum absolute atomic E-state index is 0.319. The number of benzene rings is 5. The summed E-state index contributed by atoms with van der Waals surface area (Å²) in [4.78, 5) is 40.8. The number of nitrogens with zero attached hydrogens (tertiary/aromatic N) is 2. The van der Waals surface area contributed by atoms with Crippen LogP contribution in [0.2, 0.25) is 0 Å². The van der Waals surface area contributed by atoms with Crippen molar-refractivity contribution in [2.24, 2.45) is 0 Å². The summed E-state index contributed by atoms with van der Waals surface area (Å²) in [6, 6.07) is 47.1. The van der Waals surface area contributed by atoms with Gasteiger partial charge >= 0.3 is 198 Å². The Bertz CT molecular complexity index is 2170. The molecular formula is C44H38BrN2O5PS2. The fourth-order valence-corrected chi connectivity index (χ4v) is 14.5. The fourth-order valence-electron chi connectivity index (χ4n) is 5.77. The number of aromatic nitrogens is 2. The van der Waals surface area contributed by atoms with Gasteiger partial charge in [-0.05, 0) is 23.8 Å². The number of halogens is 1. The maximum atomic E-state index is 11.9. The van der Waals surface area contributed by atoms with Crippen LogP contribution in [0, 0.1) is 0 Å². The van der Waals surface area contributed by atoms with E-state index in [0.29, 0.717) is 16.1 Å². The van der Waals surface area contributed by atoms with Gasteiger partial charge in [-0.25, -0.2) is 14.8 Å². The molecule has 0 unspecified atom stereocenters. The van der Waals surface area contributed by atoms with Gasteiger partial charge < -0.3 is 4.74 Å². The van der Waals surface area contributed by atoms with E-state index < -0.39 is 5.31 Å². The number of aldehydes is 1. The van der Waals surface area contributed by atoms with Gasteiger partial charge in [0.2, 0.25) is 0 Å². The van der Waals surface area contributed by atoms with Gasteiger partial charge in [0.25, 0.3) is 0 Å². The number of hydrogen-bond donors (Lipinski definition) is 0. The zero-order chi connectivity index (χ0) is 39.0. The largest absolute Gasteiger partial charge is 0.295 e. The van der Waals surface area contributed by atoms with Gasteiger partial charge in [-0.1, -0.05) is 18.2 Å². The third-order valence-corrected chi connectivity index (χ3v) is 19.5. The van der Waals surface area contributed by atoms with E-state index in [0.717, 1.165) is 28.6 Å². The molecule has 7 nitrogen and oxygen atoms in total. The van der Waals surface area contributed by atoms with Crippen LogP contribution in [-0.4, -0.2) is 42.4 Å². The first kappa shape index (κ1) is 40.8. The zero-order valence-electron chi connectivity index (χ0n) is 30.1. The predicted molar refractivity (Wildman–Crippen MR) is 232 cm³/mol. The van der Waals surface area contributed by atoms with Crippen molar-refractivity contribution < 1.29 is 23.9 Å². The summed E-state index contributed by atoms with van der Waals surface area (Å²) < 4.78 is 9.49. The first-order valence-electron chi connectivity index (χ1n) is 17.0. The van der Waals surface area contributed by atoms with Gasteiger partial charge in [-0.15, -0.1) is 22.7 Å². The van der Waals surface area contributed by atoms with Crippen LogP contribution in [0.4, 0.5) is 0 Å². The molecule has 0 fully saturated rings. The van der Waals surface area contributed by atoms with E-state index in [1.165, 1.54) is 41.5 Å². The Balaban J connectivity index is 0.000000200. The van der Waals surface area contributed by atoms with Crippen LogP contribution in [0.3, 0.4) is 0 Å². The molecule has 0 radical (unpaired) electrons. The standard InChI is InChI=1S/C27H24BrO2P.C13H11NO2S.C4H3NOS/c1-30-27(29)23-19-17-22(18-20-23)21-31(28,24-11-5-2-6-12-24,25-13-7-3-8-14-25)26-15-9-4-10-16-26;1-16-13(15)11-5-2-10(3-6-11)4-7-12-14-8-9-17-12;6-3-4-5-1-2-7-4/h2-20H,21H2,1H3;2-9H,1H3;1-3H/b;7-4+;. The predicted octanol–water partition coefficient (Wildman–Crippen LogP) is 9.87. The Morgan fingerprint density at radius 1 is 0.600 bits per heavy atom. The molecule has 0 saturated carbocycles. The average molecular weight is 850 g/mol. The topological polar surface area (TPSA) is 95.5 Å². The quantitative estimate of drug-likeness (QED) is 0.0769. The fraction of sp³-hybridized carbons (Fsp3) is 0.0682. The molecule has 0 atom stereocenters. The second kappa shape index (κ2) is 19.8. The molecule has 5 aromatic carbocycles. The molecular weight excluding hydrogens is 812 g/mol. The van der Waals surface area contributed by atoms with Gasteiger partial charge in [0, 0.05) is 23.2 Å². The molecule has 2 heterocycles. The molecule has 0 amide bonds. The van der Waals surface area contributed by atoms with Gasteiger partial charge in [0.05, 0.1) is 12.7 Å². The minimum Gasteiger partial charge on any atom is -0.295 e. The Morgan fingerprint density at radius 2 is 1.02 bits per heavy atom. The van der Waals surface area contributed by atoms with Crippen LogP contribution in [0.5, 0.6) is 0 Å². The van der Waals surface area contributed by atoms with E-state index in [4.69, 9.17) is 4.74 Å². The maximum Gasteiger partial charge on any atom is 0.178 e. The summed E-state index contributed by atoms with van der Waals surface area (Å²) >= 11 is 7.38. The molecule has 0 aliphatic heterocycles. The average Bonchev–Trinajstić information content (AvgIpc) is 4.00. The number of carbonyl (C=O) groups excluding carboxylic acids is 3. The van der Waals surface area contributed by atoms with Crippen molar-refractivity contribution >= 4 is 89.8 Å². The van der Waals surface area contributed by atoms with Gasteiger partial charge in [-0.2, -0.15) is 0 Å². The molecule has 0 bridgehead atoms. The SMILES string of the molecule is COC(=O)c1ccc(/C=C/c2nccs2)cc1.COC(=O)c1ccc(CP(Br)(c2ccccc2)(c2ccccc2)c2ccccc2)cc1.O=Cc1nccs1. The molecule has 2 aromatic heterocycles. The van der Waals surface area contributed by atoms with Crippen molar-refractivity contribution in [3.05, 3.63) is 195 Å². The molecule has 0 saturated heterocycles. The van der Waals surface area contributed by atoms with Crippen molar-refractivity contribution in [2.45, 2.75) is 6.16 Å². The molecule has 11 heteroatoms. The zero-order valence-corrected chi connectivity index (χ0v) is 34.2. The van der Waals surface area contributed by atoms with E-state index >= 15 is 0 Å². The molecule has 0 N–H and O–H groups in total. The van der Waals surface area contributed by atoms with Crippen LogP contribution >= 0.6 is 43.5 Å². The van der Waals surface area contributed by atoms with E-state index in [-0.39, 0.29) is 11.9 Å². The number of carbonyl (C=O) groups is 3. The van der Waals surface area contributed by atoms with Crippen molar-refractivity contribution in [2.75, 3.05) is 14.2 Å². The first-order chi connectivity index (χ1) is 26.8. The van der Waals surface area contributed by atoms with Crippen LogP contribution in [0.1, 0.15) is 46.7 Å². The Morgan fingerprint density at radius 3 is 1.38 bits per heavy atom. The second-order valence-electron chi connectivity index (χ2n) is 11.8. The summed E-state index contributed by atoms with van der Waals surface area (Å²) in [7, 11) is 2.78. The summed E-state index contributed by atoms with van der Waals surface area (Å²) in [5.74, 6) is -0.641. The number of methoxy groups -OCH3 is 2. The summed E-state index contributed by atoms with van der Waals surface area (Å²) in [5.41, 5.74) is 3.28. The van der Waals surface area contributed by atoms with Crippen LogP contribution in [-0.2, 0) is 15.6 Å². The monoisotopic (exact) mass is 848 g/mol. The van der Waals surface area contributed by atoms with Crippen molar-refractivity contribution in [1.82, 2.24) is 9.97 Å². The van der Waals surface area contributed by atoms with Crippen LogP contribution in [0.15, 0.2) is 163 Å². The van der Waals surface area contributed by atoms with Gasteiger partial charge in [0.15, 0.2) is 11.3 Å². The normalized spacial score (nSPS) is 11.4. The summed E-state index contributed by atoms with van der Waals surface area (Å²) in [6.07, 6.45) is 8.80. The molecule has 55 heavy (non-hydrogen) atoms. The van der Waals surface area contributed by atoms with Crippen molar-refractivity contribution in [1.29, 1.82) is 0 Å². The van der Waals surface area contributed by atoms with E-state index in [1.807, 2.05) is 53.9 Å². The first-order valence-corrected chi connectivity index (χ1v) is 23.2. The van der Waals surface area contributed by atoms with Crippen molar-refractivity contribution in [3.8, 4) is 0 Å². The Kier molecular flexibility index (Phi) is 14.7. The van der Waals surface area contributed by atoms with Gasteiger partial charge in [0.1, 0.15) is 5.01 Å². The smallest absolute Gasteiger partial charge is 0.178 e. The van der Waals surface area contributed by atoms with Crippen LogP contribution in [0.25, 0.3) is 12.2 Å². The number of thiazole rings is 2. The van der Waals surface area contributed by atoms with Crippen molar-refractivity contribution in [3.63, 3.8) is 0 Å². The second-order valence-corrected chi connectivity index (χ2v) is 22.6. The molecule has 7 aromatic rings. The summed E-state index contributed by atoms with van der Waals surface area (Å²) in [6.45, 7) is 0. The third kappa shape index (κ3) is 10.2. The maximum absolute atomic E-state index is 11.9. The van der Waals surface area contributed by atoms with E-state index in [2.05, 4.69) is 121 Å². The van der Waals surface area contributed by atoms with Gasteiger partial charge in [-0.3, -0.25) is 4.79 Å². The molecule has 278 valence electrons. The van der Waals surface area contributed by atoms with Crippen LogP contribution < -0.4 is 15.9 Å². The van der Waals surface area contributed by atoms with E-state index in [9.17, 15) is 14.4 Å². The molecule has 0 spiro atoms. The molecule has 7 rings (SSSR count). The Hall–Kier alpha value is -5.38. The minimum atomic E-state index is -3.04.